The van der Waals surface area contributed by atoms with Crippen LogP contribution in [0.1, 0.15) is 11.6 Å². The summed E-state index contributed by atoms with van der Waals surface area (Å²) in [6, 6.07) is 6.18. The van der Waals surface area contributed by atoms with E-state index in [4.69, 9.17) is 5.73 Å². The van der Waals surface area contributed by atoms with Crippen LogP contribution < -0.4 is 5.73 Å². The van der Waals surface area contributed by atoms with Gasteiger partial charge in [-0.15, -0.1) is 12.4 Å². The molecule has 0 saturated carbocycles. The highest BCUT2D eigenvalue weighted by Crippen LogP contribution is 2.27. The number of aryl methyl sites for hydroxylation is 1. The van der Waals surface area contributed by atoms with Gasteiger partial charge in [0, 0.05) is 29.7 Å². The Hall–Kier alpha value is -1.13. The Morgan fingerprint density at radius 2 is 1.88 bits per heavy atom. The van der Waals surface area contributed by atoms with E-state index in [0.717, 1.165) is 10.9 Å². The lowest BCUT2D eigenvalue weighted by Gasteiger charge is -2.08. The van der Waals surface area contributed by atoms with Crippen molar-refractivity contribution in [3.8, 4) is 0 Å². The van der Waals surface area contributed by atoms with Gasteiger partial charge in [0.25, 0.3) is 6.43 Å². The van der Waals surface area contributed by atoms with Crippen molar-refractivity contribution in [3.63, 3.8) is 0 Å². The number of nitrogens with two attached hydrogens (primary N) is 1. The Morgan fingerprint density at radius 3 is 2.50 bits per heavy atom. The molecule has 5 heteroatoms. The molecule has 0 aliphatic heterocycles. The quantitative estimate of drug-likeness (QED) is 0.868. The van der Waals surface area contributed by atoms with Crippen LogP contribution in [0.5, 0.6) is 0 Å². The number of halogens is 3. The summed E-state index contributed by atoms with van der Waals surface area (Å²) in [6.07, 6.45) is -0.864. The molecule has 2 nitrogen and oxygen atoms in total. The van der Waals surface area contributed by atoms with Gasteiger partial charge in [0.2, 0.25) is 0 Å². The Morgan fingerprint density at radius 1 is 1.25 bits per heavy atom. The van der Waals surface area contributed by atoms with Crippen molar-refractivity contribution >= 4 is 23.3 Å². The minimum Gasteiger partial charge on any atom is -0.350 e. The van der Waals surface area contributed by atoms with E-state index in [9.17, 15) is 8.78 Å². The third-order valence-corrected chi connectivity index (χ3v) is 2.56. The second kappa shape index (κ2) is 4.80. The van der Waals surface area contributed by atoms with E-state index in [0.29, 0.717) is 5.56 Å². The fourth-order valence-corrected chi connectivity index (χ4v) is 1.77. The summed E-state index contributed by atoms with van der Waals surface area (Å²) in [5.41, 5.74) is 6.88. The van der Waals surface area contributed by atoms with Gasteiger partial charge in [-0.05, 0) is 6.07 Å². The van der Waals surface area contributed by atoms with Gasteiger partial charge in [-0.25, -0.2) is 8.78 Å². The van der Waals surface area contributed by atoms with Crippen LogP contribution >= 0.6 is 12.4 Å². The van der Waals surface area contributed by atoms with E-state index in [-0.39, 0.29) is 12.4 Å². The zero-order valence-corrected chi connectivity index (χ0v) is 9.55. The van der Waals surface area contributed by atoms with Crippen molar-refractivity contribution in [2.45, 2.75) is 12.5 Å². The van der Waals surface area contributed by atoms with Crippen LogP contribution in [0.2, 0.25) is 0 Å². The first-order chi connectivity index (χ1) is 7.11. The number of nitrogens with zero attached hydrogens (tertiary/aromatic N) is 1. The Kier molecular flexibility index (Phi) is 3.88. The van der Waals surface area contributed by atoms with Crippen molar-refractivity contribution in [3.05, 3.63) is 36.0 Å². The molecule has 1 aromatic carbocycles. The molecule has 0 aliphatic rings. The molecule has 0 amide bonds. The normalized spacial score (nSPS) is 12.8. The van der Waals surface area contributed by atoms with Crippen LogP contribution in [0.4, 0.5) is 8.78 Å². The van der Waals surface area contributed by atoms with Gasteiger partial charge in [0.05, 0.1) is 6.04 Å². The minimum absolute atomic E-state index is 0. The van der Waals surface area contributed by atoms with E-state index in [1.807, 2.05) is 35.9 Å². The highest BCUT2D eigenvalue weighted by molar-refractivity contribution is 5.85. The fourth-order valence-electron chi connectivity index (χ4n) is 1.77. The van der Waals surface area contributed by atoms with E-state index in [1.165, 1.54) is 0 Å². The lowest BCUT2D eigenvalue weighted by Crippen LogP contribution is -2.18. The highest BCUT2D eigenvalue weighted by Gasteiger charge is 2.21. The number of hydrogen-bond donors (Lipinski definition) is 1. The molecule has 0 radical (unpaired) electrons. The zero-order chi connectivity index (χ0) is 11.0. The maximum atomic E-state index is 12.5. The molecular weight excluding hydrogens is 234 g/mol. The monoisotopic (exact) mass is 246 g/mol. The smallest absolute Gasteiger partial charge is 0.257 e. The maximum Gasteiger partial charge on any atom is 0.257 e. The number of aromatic nitrogens is 1. The van der Waals surface area contributed by atoms with Crippen molar-refractivity contribution in [1.29, 1.82) is 0 Å². The molecule has 0 spiro atoms. The molecule has 0 unspecified atom stereocenters. The standard InChI is InChI=1S/C11H12F2N2.ClH/c1-15-6-8(10(14)11(12)13)7-4-2-3-5-9(7)15;/h2-6,10-11H,14H2,1H3;1H/t10-;/m0./s1. The molecule has 1 aromatic heterocycles. The summed E-state index contributed by atoms with van der Waals surface area (Å²) in [6.45, 7) is 0. The molecule has 1 atom stereocenters. The fraction of sp³-hybridized carbons (Fsp3) is 0.273. The topological polar surface area (TPSA) is 30.9 Å². The molecule has 2 N–H and O–H groups in total. The lowest BCUT2D eigenvalue weighted by molar-refractivity contribution is 0.117. The zero-order valence-electron chi connectivity index (χ0n) is 8.73. The van der Waals surface area contributed by atoms with E-state index >= 15 is 0 Å². The van der Waals surface area contributed by atoms with Gasteiger partial charge in [0.1, 0.15) is 0 Å². The largest absolute Gasteiger partial charge is 0.350 e. The number of para-hydroxylation sites is 1. The number of fused-ring (bicyclic) bond motifs is 1. The molecular formula is C11H13ClF2N2. The summed E-state index contributed by atoms with van der Waals surface area (Å²) < 4.78 is 26.8. The number of benzene rings is 1. The Balaban J connectivity index is 0.00000128. The first kappa shape index (κ1) is 12.9. The molecule has 0 saturated heterocycles. The van der Waals surface area contributed by atoms with Crippen LogP contribution in [-0.2, 0) is 7.05 Å². The van der Waals surface area contributed by atoms with E-state index < -0.39 is 12.5 Å². The second-order valence-corrected chi connectivity index (χ2v) is 3.57. The lowest BCUT2D eigenvalue weighted by atomic mass is 10.1. The van der Waals surface area contributed by atoms with Crippen LogP contribution in [0, 0.1) is 0 Å². The third-order valence-electron chi connectivity index (χ3n) is 2.56. The van der Waals surface area contributed by atoms with Crippen LogP contribution in [0.15, 0.2) is 30.5 Å². The molecule has 1 heterocycles. The molecule has 0 aliphatic carbocycles. The van der Waals surface area contributed by atoms with E-state index in [2.05, 4.69) is 0 Å². The van der Waals surface area contributed by atoms with Crippen LogP contribution in [0.3, 0.4) is 0 Å². The predicted molar refractivity (Wildman–Crippen MR) is 63.1 cm³/mol. The summed E-state index contributed by atoms with van der Waals surface area (Å²) in [4.78, 5) is 0. The van der Waals surface area contributed by atoms with Crippen LogP contribution in [0.25, 0.3) is 10.9 Å². The average Bonchev–Trinajstić information content (AvgIpc) is 2.56. The first-order valence-corrected chi connectivity index (χ1v) is 4.69. The van der Waals surface area contributed by atoms with Gasteiger partial charge in [-0.1, -0.05) is 18.2 Å². The maximum absolute atomic E-state index is 12.5. The predicted octanol–water partition coefficient (Wildman–Crippen LogP) is 2.87. The number of rotatable bonds is 2. The van der Waals surface area contributed by atoms with Gasteiger partial charge in [-0.2, -0.15) is 0 Å². The van der Waals surface area contributed by atoms with Gasteiger partial charge in [-0.3, -0.25) is 0 Å². The molecule has 0 bridgehead atoms. The van der Waals surface area contributed by atoms with Gasteiger partial charge >= 0.3 is 0 Å². The van der Waals surface area contributed by atoms with Crippen molar-refractivity contribution in [2.24, 2.45) is 12.8 Å². The second-order valence-electron chi connectivity index (χ2n) is 3.57. The number of hydrogen-bond acceptors (Lipinski definition) is 1. The third kappa shape index (κ3) is 2.03. The van der Waals surface area contributed by atoms with Crippen molar-refractivity contribution in [1.82, 2.24) is 4.57 Å². The van der Waals surface area contributed by atoms with Crippen molar-refractivity contribution in [2.75, 3.05) is 0 Å². The SMILES string of the molecule is Cl.Cn1cc([C@H](N)C(F)F)c2ccccc21. The van der Waals surface area contributed by atoms with Crippen LogP contribution in [-0.4, -0.2) is 11.0 Å². The summed E-state index contributed by atoms with van der Waals surface area (Å²) in [7, 11) is 1.82. The van der Waals surface area contributed by atoms with Gasteiger partial charge in [0.15, 0.2) is 0 Å². The highest BCUT2D eigenvalue weighted by atomic mass is 35.5. The summed E-state index contributed by atoms with van der Waals surface area (Å²) in [5, 5.41) is 0.799. The molecule has 2 rings (SSSR count). The summed E-state index contributed by atoms with van der Waals surface area (Å²) >= 11 is 0. The summed E-state index contributed by atoms with van der Waals surface area (Å²) in [5.74, 6) is 0. The molecule has 88 valence electrons. The number of alkyl halides is 2. The molecule has 16 heavy (non-hydrogen) atoms. The molecule has 0 fully saturated rings. The average molecular weight is 247 g/mol. The Bertz CT molecular complexity index is 482. The van der Waals surface area contributed by atoms with E-state index in [1.54, 1.807) is 6.20 Å². The minimum atomic E-state index is -2.53. The van der Waals surface area contributed by atoms with Gasteiger partial charge < -0.3 is 10.3 Å². The molecule has 2 aromatic rings. The first-order valence-electron chi connectivity index (χ1n) is 4.69. The van der Waals surface area contributed by atoms with Crippen molar-refractivity contribution < 1.29 is 8.78 Å². The Labute approximate surface area is 98.5 Å².